The lowest BCUT2D eigenvalue weighted by molar-refractivity contribution is 0.192. The number of aromatic nitrogens is 4. The van der Waals surface area contributed by atoms with Crippen LogP contribution in [0.2, 0.25) is 0 Å². The van der Waals surface area contributed by atoms with E-state index in [1.807, 2.05) is 30.5 Å². The largest absolute Gasteiger partial charge is 0.493 e. The number of benzene rings is 1. The fourth-order valence-electron chi connectivity index (χ4n) is 3.52. The summed E-state index contributed by atoms with van der Waals surface area (Å²) >= 11 is 0. The monoisotopic (exact) mass is 365 g/mol. The highest BCUT2D eigenvalue weighted by molar-refractivity contribution is 5.42. The van der Waals surface area contributed by atoms with Gasteiger partial charge in [-0.3, -0.25) is 9.88 Å². The van der Waals surface area contributed by atoms with Gasteiger partial charge in [-0.15, -0.1) is 0 Å². The standard InChI is InChI=1S/C20H23N5O2/c1-26-16-6-2-3-7-17(16)27-20-19(23-10-11-24-20)15-5-4-12-25(13-15)14-18-21-8-9-22-18/h2-3,6-11,15H,4-5,12-14H2,1H3,(H,21,22). The zero-order valence-electron chi connectivity index (χ0n) is 15.3. The zero-order valence-corrected chi connectivity index (χ0v) is 15.3. The molecule has 1 fully saturated rings. The third-order valence-corrected chi connectivity index (χ3v) is 4.79. The summed E-state index contributed by atoms with van der Waals surface area (Å²) in [5, 5.41) is 0. The molecule has 0 radical (unpaired) electrons. The van der Waals surface area contributed by atoms with Gasteiger partial charge in [0, 0.05) is 37.3 Å². The molecule has 0 saturated carbocycles. The van der Waals surface area contributed by atoms with E-state index in [-0.39, 0.29) is 5.92 Å². The summed E-state index contributed by atoms with van der Waals surface area (Å²) in [4.78, 5) is 19.0. The Labute approximate surface area is 158 Å². The van der Waals surface area contributed by atoms with Crippen molar-refractivity contribution in [3.8, 4) is 17.4 Å². The first-order valence-corrected chi connectivity index (χ1v) is 9.16. The number of nitrogens with one attached hydrogen (secondary N) is 1. The van der Waals surface area contributed by atoms with E-state index in [2.05, 4.69) is 24.8 Å². The second-order valence-corrected chi connectivity index (χ2v) is 6.61. The second kappa shape index (κ2) is 8.18. The Balaban J connectivity index is 1.53. The third kappa shape index (κ3) is 4.09. The highest BCUT2D eigenvalue weighted by atomic mass is 16.5. The average Bonchev–Trinajstić information content (AvgIpc) is 3.22. The normalized spacial score (nSPS) is 17.6. The number of imidazole rings is 1. The molecule has 0 bridgehead atoms. The molecule has 1 saturated heterocycles. The maximum absolute atomic E-state index is 6.09. The number of nitrogens with zero attached hydrogens (tertiary/aromatic N) is 4. The fourth-order valence-corrected chi connectivity index (χ4v) is 3.52. The number of hydrogen-bond donors (Lipinski definition) is 1. The molecular weight excluding hydrogens is 342 g/mol. The van der Waals surface area contributed by atoms with Crippen molar-refractivity contribution in [2.45, 2.75) is 25.3 Å². The Morgan fingerprint density at radius 3 is 2.78 bits per heavy atom. The molecule has 7 nitrogen and oxygen atoms in total. The van der Waals surface area contributed by atoms with Gasteiger partial charge in [-0.1, -0.05) is 12.1 Å². The number of hydrogen-bond acceptors (Lipinski definition) is 6. The molecule has 0 spiro atoms. The summed E-state index contributed by atoms with van der Waals surface area (Å²) in [5.74, 6) is 3.13. The summed E-state index contributed by atoms with van der Waals surface area (Å²) in [6.07, 6.45) is 9.22. The molecule has 1 aliphatic heterocycles. The molecule has 27 heavy (non-hydrogen) atoms. The van der Waals surface area contributed by atoms with Crippen molar-refractivity contribution in [1.82, 2.24) is 24.8 Å². The molecular formula is C20H23N5O2. The molecule has 1 atom stereocenters. The van der Waals surface area contributed by atoms with Gasteiger partial charge in [-0.2, -0.15) is 0 Å². The summed E-state index contributed by atoms with van der Waals surface area (Å²) < 4.78 is 11.5. The van der Waals surface area contributed by atoms with Crippen LogP contribution >= 0.6 is 0 Å². The molecule has 3 aromatic rings. The molecule has 1 aromatic carbocycles. The lowest BCUT2D eigenvalue weighted by Gasteiger charge is -2.32. The van der Waals surface area contributed by atoms with Crippen molar-refractivity contribution < 1.29 is 9.47 Å². The van der Waals surface area contributed by atoms with Crippen LogP contribution in [0, 0.1) is 0 Å². The Morgan fingerprint density at radius 1 is 1.11 bits per heavy atom. The van der Waals surface area contributed by atoms with Crippen LogP contribution in [-0.2, 0) is 6.54 Å². The predicted molar refractivity (Wildman–Crippen MR) is 101 cm³/mol. The lowest BCUT2D eigenvalue weighted by atomic mass is 9.94. The number of H-pyrrole nitrogens is 1. The van der Waals surface area contributed by atoms with Gasteiger partial charge in [0.2, 0.25) is 5.88 Å². The molecule has 1 N–H and O–H groups in total. The molecule has 1 aliphatic rings. The first-order valence-electron chi connectivity index (χ1n) is 9.16. The molecule has 1 unspecified atom stereocenters. The number of para-hydroxylation sites is 2. The van der Waals surface area contributed by atoms with Gasteiger partial charge >= 0.3 is 0 Å². The van der Waals surface area contributed by atoms with E-state index in [9.17, 15) is 0 Å². The summed E-state index contributed by atoms with van der Waals surface area (Å²) in [6, 6.07) is 7.58. The van der Waals surface area contributed by atoms with E-state index < -0.39 is 0 Å². The quantitative estimate of drug-likeness (QED) is 0.722. The molecule has 2 aromatic heterocycles. The molecule has 140 valence electrons. The molecule has 7 heteroatoms. The zero-order chi connectivity index (χ0) is 18.5. The van der Waals surface area contributed by atoms with Crippen LogP contribution < -0.4 is 9.47 Å². The van der Waals surface area contributed by atoms with Gasteiger partial charge in [-0.05, 0) is 31.5 Å². The van der Waals surface area contributed by atoms with E-state index in [1.165, 1.54) is 0 Å². The van der Waals surface area contributed by atoms with Crippen LogP contribution in [0.3, 0.4) is 0 Å². The van der Waals surface area contributed by atoms with E-state index in [0.717, 1.165) is 44.0 Å². The van der Waals surface area contributed by atoms with Crippen molar-refractivity contribution in [1.29, 1.82) is 0 Å². The van der Waals surface area contributed by atoms with Crippen LogP contribution in [0.1, 0.15) is 30.3 Å². The number of likely N-dealkylation sites (tertiary alicyclic amines) is 1. The highest BCUT2D eigenvalue weighted by Crippen LogP contribution is 2.35. The Bertz CT molecular complexity index is 868. The maximum atomic E-state index is 6.09. The van der Waals surface area contributed by atoms with Crippen molar-refractivity contribution in [3.63, 3.8) is 0 Å². The van der Waals surface area contributed by atoms with E-state index in [0.29, 0.717) is 17.4 Å². The van der Waals surface area contributed by atoms with Crippen LogP contribution in [0.25, 0.3) is 0 Å². The first kappa shape index (κ1) is 17.5. The van der Waals surface area contributed by atoms with Gasteiger partial charge in [0.1, 0.15) is 11.5 Å². The lowest BCUT2D eigenvalue weighted by Crippen LogP contribution is -2.34. The molecule has 3 heterocycles. The van der Waals surface area contributed by atoms with Crippen LogP contribution in [0.5, 0.6) is 17.4 Å². The van der Waals surface area contributed by atoms with Gasteiger partial charge in [-0.25, -0.2) is 9.97 Å². The summed E-state index contributed by atoms with van der Waals surface area (Å²) in [7, 11) is 1.63. The van der Waals surface area contributed by atoms with Crippen LogP contribution in [0.15, 0.2) is 49.1 Å². The minimum atomic E-state index is 0.270. The van der Waals surface area contributed by atoms with Crippen molar-refractivity contribution in [3.05, 3.63) is 60.6 Å². The average molecular weight is 365 g/mol. The van der Waals surface area contributed by atoms with Crippen molar-refractivity contribution in [2.24, 2.45) is 0 Å². The van der Waals surface area contributed by atoms with Crippen molar-refractivity contribution in [2.75, 3.05) is 20.2 Å². The first-order chi connectivity index (χ1) is 13.3. The van der Waals surface area contributed by atoms with Gasteiger partial charge in [0.25, 0.3) is 0 Å². The predicted octanol–water partition coefficient (Wildman–Crippen LogP) is 3.38. The number of aromatic amines is 1. The SMILES string of the molecule is COc1ccccc1Oc1nccnc1C1CCCN(Cc2ncc[nH]2)C1. The number of methoxy groups -OCH3 is 1. The molecule has 0 aliphatic carbocycles. The number of rotatable bonds is 6. The number of piperidine rings is 1. The summed E-state index contributed by atoms with van der Waals surface area (Å²) in [6.45, 7) is 2.77. The third-order valence-electron chi connectivity index (χ3n) is 4.79. The van der Waals surface area contributed by atoms with E-state index >= 15 is 0 Å². The Morgan fingerprint density at radius 2 is 1.96 bits per heavy atom. The van der Waals surface area contributed by atoms with Gasteiger partial charge < -0.3 is 14.5 Å². The van der Waals surface area contributed by atoms with Gasteiger partial charge in [0.05, 0.1) is 13.7 Å². The van der Waals surface area contributed by atoms with E-state index in [1.54, 1.807) is 25.7 Å². The Hall–Kier alpha value is -2.93. The molecule has 4 rings (SSSR count). The molecule has 0 amide bonds. The fraction of sp³-hybridized carbons (Fsp3) is 0.350. The smallest absolute Gasteiger partial charge is 0.241 e. The maximum Gasteiger partial charge on any atom is 0.241 e. The minimum Gasteiger partial charge on any atom is -0.493 e. The topological polar surface area (TPSA) is 76.2 Å². The summed E-state index contributed by atoms with van der Waals surface area (Å²) in [5.41, 5.74) is 0.896. The van der Waals surface area contributed by atoms with Crippen LogP contribution in [0.4, 0.5) is 0 Å². The Kier molecular flexibility index (Phi) is 5.29. The van der Waals surface area contributed by atoms with E-state index in [4.69, 9.17) is 9.47 Å². The minimum absolute atomic E-state index is 0.270. The van der Waals surface area contributed by atoms with Gasteiger partial charge in [0.15, 0.2) is 11.5 Å². The van der Waals surface area contributed by atoms with Crippen molar-refractivity contribution >= 4 is 0 Å². The van der Waals surface area contributed by atoms with Crippen LogP contribution in [-0.4, -0.2) is 45.0 Å². The highest BCUT2D eigenvalue weighted by Gasteiger charge is 2.26. The number of ether oxygens (including phenoxy) is 2. The second-order valence-electron chi connectivity index (χ2n) is 6.61.